The Morgan fingerprint density at radius 3 is 2.25 bits per heavy atom. The number of nitrogens with one attached hydrogen (secondary N) is 1. The van der Waals surface area contributed by atoms with E-state index in [0.29, 0.717) is 19.8 Å². The van der Waals surface area contributed by atoms with Crippen molar-refractivity contribution in [2.24, 2.45) is 5.73 Å². The Morgan fingerprint density at radius 1 is 1.50 bits per heavy atom. The van der Waals surface area contributed by atoms with E-state index in [-0.39, 0.29) is 6.61 Å². The zero-order valence-corrected chi connectivity index (χ0v) is 8.90. The fourth-order valence-corrected chi connectivity index (χ4v) is 1.43. The molecule has 16 heavy (non-hydrogen) atoms. The summed E-state index contributed by atoms with van der Waals surface area (Å²) < 4.78 is 37.3. The van der Waals surface area contributed by atoms with Gasteiger partial charge in [-0.3, -0.25) is 4.79 Å². The molecule has 7 heteroatoms. The predicted molar refractivity (Wildman–Crippen MR) is 50.5 cm³/mol. The van der Waals surface area contributed by atoms with Crippen molar-refractivity contribution >= 4 is 5.91 Å². The Hall–Kier alpha value is -0.820. The maximum absolute atomic E-state index is 12.4. The van der Waals surface area contributed by atoms with Crippen molar-refractivity contribution in [3.63, 3.8) is 0 Å². The van der Waals surface area contributed by atoms with Crippen molar-refractivity contribution in [3.8, 4) is 0 Å². The first-order valence-electron chi connectivity index (χ1n) is 4.94. The van der Waals surface area contributed by atoms with Gasteiger partial charge in [0.2, 0.25) is 5.91 Å². The summed E-state index contributed by atoms with van der Waals surface area (Å²) in [5.74, 6) is -1.30. The lowest BCUT2D eigenvalue weighted by atomic mass is 9.77. The number of aliphatic hydroxyl groups is 1. The number of aliphatic hydroxyl groups excluding tert-OH is 1. The average Bonchev–Trinajstić information content (AvgIpc) is 2.08. The number of hydrogen-bond donors (Lipinski definition) is 3. The van der Waals surface area contributed by atoms with Crippen LogP contribution in [0.1, 0.15) is 26.2 Å². The number of rotatable bonds is 3. The highest BCUT2D eigenvalue weighted by atomic mass is 19.4. The topological polar surface area (TPSA) is 75.4 Å². The molecule has 0 spiro atoms. The van der Waals surface area contributed by atoms with Crippen LogP contribution < -0.4 is 11.1 Å². The molecule has 1 atom stereocenters. The molecule has 0 aromatic rings. The van der Waals surface area contributed by atoms with E-state index >= 15 is 0 Å². The van der Waals surface area contributed by atoms with Crippen LogP contribution in [0, 0.1) is 0 Å². The molecule has 0 aliphatic heterocycles. The number of carbonyl (C=O) groups excluding carboxylic acids is 1. The molecule has 0 aromatic heterocycles. The summed E-state index contributed by atoms with van der Waals surface area (Å²) in [5.41, 5.74) is 1.12. The monoisotopic (exact) mass is 240 g/mol. The summed E-state index contributed by atoms with van der Waals surface area (Å²) in [6.07, 6.45) is -3.09. The summed E-state index contributed by atoms with van der Waals surface area (Å²) in [6, 6.07) is 0. The van der Waals surface area contributed by atoms with Gasteiger partial charge in [-0.2, -0.15) is 13.2 Å². The van der Waals surface area contributed by atoms with Gasteiger partial charge in [-0.15, -0.1) is 0 Å². The molecule has 1 amide bonds. The van der Waals surface area contributed by atoms with Crippen molar-refractivity contribution < 1.29 is 23.1 Å². The van der Waals surface area contributed by atoms with E-state index in [0.717, 1.165) is 6.42 Å². The number of nitrogens with two attached hydrogens (primary N) is 1. The molecule has 4 nitrogen and oxygen atoms in total. The van der Waals surface area contributed by atoms with E-state index in [1.54, 1.807) is 0 Å². The highest BCUT2D eigenvalue weighted by Gasteiger charge is 2.55. The first-order chi connectivity index (χ1) is 7.15. The Balaban J connectivity index is 2.72. The van der Waals surface area contributed by atoms with Crippen molar-refractivity contribution in [2.75, 3.05) is 6.61 Å². The van der Waals surface area contributed by atoms with E-state index < -0.39 is 23.2 Å². The van der Waals surface area contributed by atoms with Crippen molar-refractivity contribution in [1.82, 2.24) is 5.32 Å². The van der Waals surface area contributed by atoms with Crippen LogP contribution in [0.2, 0.25) is 0 Å². The second-order valence-electron chi connectivity index (χ2n) is 4.45. The predicted octanol–water partition coefficient (Wildman–Crippen LogP) is 0.297. The standard InChI is InChI=1S/C9H15F3N2O2/c1-7(13,9(10,11)12)6(16)14-8(5-15)3-2-4-8/h15H,2-5,13H2,1H3,(H,14,16). The molecule has 1 aliphatic rings. The number of halogens is 3. The van der Waals surface area contributed by atoms with Crippen LogP contribution in [0.15, 0.2) is 0 Å². The Kier molecular flexibility index (Phi) is 3.22. The smallest absolute Gasteiger partial charge is 0.394 e. The molecule has 4 N–H and O–H groups in total. The highest BCUT2D eigenvalue weighted by molar-refractivity contribution is 5.87. The first-order valence-corrected chi connectivity index (χ1v) is 4.94. The van der Waals surface area contributed by atoms with E-state index in [1.165, 1.54) is 0 Å². The lowest BCUT2D eigenvalue weighted by molar-refractivity contribution is -0.189. The van der Waals surface area contributed by atoms with E-state index in [9.17, 15) is 18.0 Å². The van der Waals surface area contributed by atoms with Gasteiger partial charge < -0.3 is 16.2 Å². The second kappa shape index (κ2) is 3.89. The van der Waals surface area contributed by atoms with Crippen LogP contribution in [0.3, 0.4) is 0 Å². The van der Waals surface area contributed by atoms with E-state index in [1.807, 2.05) is 0 Å². The number of carbonyl (C=O) groups is 1. The average molecular weight is 240 g/mol. The molecule has 0 heterocycles. The van der Waals surface area contributed by atoms with Gasteiger partial charge in [-0.05, 0) is 26.2 Å². The fourth-order valence-electron chi connectivity index (χ4n) is 1.43. The number of hydrogen-bond acceptors (Lipinski definition) is 3. The second-order valence-corrected chi connectivity index (χ2v) is 4.45. The molecule has 1 fully saturated rings. The van der Waals surface area contributed by atoms with Gasteiger partial charge >= 0.3 is 6.18 Å². The quantitative estimate of drug-likeness (QED) is 0.664. The molecule has 0 aromatic carbocycles. The van der Waals surface area contributed by atoms with Gasteiger partial charge in [0.1, 0.15) is 0 Å². The first kappa shape index (κ1) is 13.2. The van der Waals surface area contributed by atoms with Crippen LogP contribution >= 0.6 is 0 Å². The fraction of sp³-hybridized carbons (Fsp3) is 0.889. The Morgan fingerprint density at radius 2 is 2.00 bits per heavy atom. The summed E-state index contributed by atoms with van der Waals surface area (Å²) >= 11 is 0. The van der Waals surface area contributed by atoms with E-state index in [2.05, 4.69) is 5.32 Å². The minimum Gasteiger partial charge on any atom is -0.394 e. The lowest BCUT2D eigenvalue weighted by Gasteiger charge is -2.43. The van der Waals surface area contributed by atoms with Crippen LogP contribution in [0.5, 0.6) is 0 Å². The zero-order chi connectivity index (χ0) is 12.6. The maximum atomic E-state index is 12.4. The van der Waals surface area contributed by atoms with Gasteiger partial charge in [0, 0.05) is 0 Å². The third-order valence-electron chi connectivity index (χ3n) is 3.05. The summed E-state index contributed by atoms with van der Waals surface area (Å²) in [6.45, 7) is 0.249. The van der Waals surface area contributed by atoms with Gasteiger partial charge in [0.25, 0.3) is 0 Å². The Labute approximate surface area is 91.0 Å². The number of amides is 1. The van der Waals surface area contributed by atoms with Crippen molar-refractivity contribution in [3.05, 3.63) is 0 Å². The van der Waals surface area contributed by atoms with Crippen LogP contribution in [-0.4, -0.2) is 34.9 Å². The van der Waals surface area contributed by atoms with Gasteiger partial charge in [0.15, 0.2) is 5.54 Å². The normalized spacial score (nSPS) is 23.1. The molecule has 0 radical (unpaired) electrons. The molecule has 1 saturated carbocycles. The minimum absolute atomic E-state index is 0.368. The van der Waals surface area contributed by atoms with Crippen LogP contribution in [-0.2, 0) is 4.79 Å². The minimum atomic E-state index is -4.81. The van der Waals surface area contributed by atoms with Crippen molar-refractivity contribution in [1.29, 1.82) is 0 Å². The Bertz CT molecular complexity index is 279. The summed E-state index contributed by atoms with van der Waals surface area (Å²) in [7, 11) is 0. The molecule has 1 aliphatic carbocycles. The molecule has 1 unspecified atom stereocenters. The van der Waals surface area contributed by atoms with Crippen molar-refractivity contribution in [2.45, 2.75) is 43.4 Å². The molecule has 1 rings (SSSR count). The molecular weight excluding hydrogens is 225 g/mol. The molecule has 94 valence electrons. The highest BCUT2D eigenvalue weighted by Crippen LogP contribution is 2.34. The van der Waals surface area contributed by atoms with Gasteiger partial charge in [-0.1, -0.05) is 0 Å². The largest absolute Gasteiger partial charge is 0.415 e. The van der Waals surface area contributed by atoms with Gasteiger partial charge in [0.05, 0.1) is 12.1 Å². The van der Waals surface area contributed by atoms with Crippen LogP contribution in [0.25, 0.3) is 0 Å². The van der Waals surface area contributed by atoms with E-state index in [4.69, 9.17) is 10.8 Å². The maximum Gasteiger partial charge on any atom is 0.415 e. The SMILES string of the molecule is CC(N)(C(=O)NC1(CO)CCC1)C(F)(F)F. The number of alkyl halides is 3. The lowest BCUT2D eigenvalue weighted by Crippen LogP contribution is -2.67. The summed E-state index contributed by atoms with van der Waals surface area (Å²) in [4.78, 5) is 11.4. The molecule has 0 bridgehead atoms. The summed E-state index contributed by atoms with van der Waals surface area (Å²) in [5, 5.41) is 11.2. The zero-order valence-electron chi connectivity index (χ0n) is 8.90. The molecular formula is C9H15F3N2O2. The third-order valence-corrected chi connectivity index (χ3v) is 3.05. The molecule has 0 saturated heterocycles. The van der Waals surface area contributed by atoms with Gasteiger partial charge in [-0.25, -0.2) is 0 Å². The third kappa shape index (κ3) is 2.15. The van der Waals surface area contributed by atoms with Crippen LogP contribution in [0.4, 0.5) is 13.2 Å².